The largest absolute Gasteiger partial charge is 0.326 e. The van der Waals surface area contributed by atoms with E-state index < -0.39 is 5.97 Å². The molecule has 0 aromatic rings. The molecule has 3 aliphatic rings. The van der Waals surface area contributed by atoms with E-state index in [0.717, 1.165) is 26.2 Å². The smallest absolute Gasteiger partial charge is 0.285 e. The van der Waals surface area contributed by atoms with Crippen molar-refractivity contribution in [3.8, 4) is 0 Å². The fourth-order valence-electron chi connectivity index (χ4n) is 2.16. The van der Waals surface area contributed by atoms with Gasteiger partial charge in [0.2, 0.25) is 0 Å². The van der Waals surface area contributed by atoms with Crippen LogP contribution < -0.4 is 0 Å². The van der Waals surface area contributed by atoms with Crippen LogP contribution in [0.3, 0.4) is 0 Å². The SMILES string of the molecule is CCC(C)C12OCC(C(C)C)(CO1)CO2. The van der Waals surface area contributed by atoms with E-state index in [4.69, 9.17) is 14.2 Å². The van der Waals surface area contributed by atoms with Gasteiger partial charge in [-0.3, -0.25) is 0 Å². The van der Waals surface area contributed by atoms with Crippen LogP contribution in [0.15, 0.2) is 0 Å². The van der Waals surface area contributed by atoms with Gasteiger partial charge in [-0.1, -0.05) is 27.7 Å². The molecule has 0 spiro atoms. The molecule has 3 nitrogen and oxygen atoms in total. The molecule has 88 valence electrons. The topological polar surface area (TPSA) is 27.7 Å². The minimum Gasteiger partial charge on any atom is -0.326 e. The van der Waals surface area contributed by atoms with E-state index in [2.05, 4.69) is 27.7 Å². The number of fused-ring (bicyclic) bond motifs is 3. The molecule has 0 aromatic heterocycles. The van der Waals surface area contributed by atoms with Gasteiger partial charge in [0.05, 0.1) is 19.8 Å². The van der Waals surface area contributed by atoms with Crippen molar-refractivity contribution < 1.29 is 14.2 Å². The Kier molecular flexibility index (Phi) is 2.82. The fraction of sp³-hybridized carbons (Fsp3) is 1.00. The Morgan fingerprint density at radius 1 is 1.00 bits per heavy atom. The van der Waals surface area contributed by atoms with Crippen molar-refractivity contribution in [2.75, 3.05) is 19.8 Å². The van der Waals surface area contributed by atoms with Gasteiger partial charge in [-0.25, -0.2) is 0 Å². The first-order valence-corrected chi connectivity index (χ1v) is 5.96. The molecular formula is C12H22O3. The number of hydrogen-bond acceptors (Lipinski definition) is 3. The minimum atomic E-state index is -0.745. The van der Waals surface area contributed by atoms with Gasteiger partial charge in [0.1, 0.15) is 0 Å². The van der Waals surface area contributed by atoms with Crippen molar-refractivity contribution >= 4 is 0 Å². The molecule has 1 unspecified atom stereocenters. The number of ether oxygens (including phenoxy) is 3. The van der Waals surface area contributed by atoms with Crippen LogP contribution in [0.5, 0.6) is 0 Å². The standard InChI is InChI=1S/C12H22O3/c1-5-10(4)12-13-6-11(7-14-12,8-15-12)9(2)3/h9-10H,5-8H2,1-4H3. The second-order valence-electron chi connectivity index (χ2n) is 5.30. The molecule has 3 rings (SSSR count). The molecule has 15 heavy (non-hydrogen) atoms. The summed E-state index contributed by atoms with van der Waals surface area (Å²) in [6.45, 7) is 11.0. The quantitative estimate of drug-likeness (QED) is 0.722. The molecule has 0 radical (unpaired) electrons. The van der Waals surface area contributed by atoms with Gasteiger partial charge in [0, 0.05) is 11.3 Å². The molecular weight excluding hydrogens is 192 g/mol. The molecule has 3 aliphatic heterocycles. The van der Waals surface area contributed by atoms with Crippen molar-refractivity contribution in [2.45, 2.75) is 40.1 Å². The van der Waals surface area contributed by atoms with Gasteiger partial charge in [0.15, 0.2) is 0 Å². The van der Waals surface area contributed by atoms with E-state index in [1.54, 1.807) is 0 Å². The third kappa shape index (κ3) is 1.61. The zero-order valence-corrected chi connectivity index (χ0v) is 10.2. The van der Waals surface area contributed by atoms with E-state index >= 15 is 0 Å². The maximum Gasteiger partial charge on any atom is 0.285 e. The zero-order valence-electron chi connectivity index (χ0n) is 10.2. The van der Waals surface area contributed by atoms with Crippen LogP contribution in [0.1, 0.15) is 34.1 Å². The van der Waals surface area contributed by atoms with Crippen molar-refractivity contribution in [3.05, 3.63) is 0 Å². The molecule has 3 heteroatoms. The second-order valence-corrected chi connectivity index (χ2v) is 5.30. The molecule has 3 fully saturated rings. The Balaban J connectivity index is 2.10. The van der Waals surface area contributed by atoms with Crippen molar-refractivity contribution in [1.29, 1.82) is 0 Å². The highest BCUT2D eigenvalue weighted by Gasteiger charge is 2.55. The van der Waals surface area contributed by atoms with Gasteiger partial charge >= 0.3 is 0 Å². The van der Waals surface area contributed by atoms with Crippen LogP contribution in [0.4, 0.5) is 0 Å². The lowest BCUT2D eigenvalue weighted by molar-refractivity contribution is -0.489. The highest BCUT2D eigenvalue weighted by atomic mass is 16.9. The molecule has 2 bridgehead atoms. The van der Waals surface area contributed by atoms with Crippen LogP contribution in [0.2, 0.25) is 0 Å². The second kappa shape index (κ2) is 3.72. The summed E-state index contributed by atoms with van der Waals surface area (Å²) in [6, 6.07) is 0. The summed E-state index contributed by atoms with van der Waals surface area (Å²) in [5.41, 5.74) is 0.0786. The highest BCUT2D eigenvalue weighted by molar-refractivity contribution is 4.91. The Labute approximate surface area is 92.1 Å². The van der Waals surface area contributed by atoms with Crippen LogP contribution in [-0.2, 0) is 14.2 Å². The van der Waals surface area contributed by atoms with E-state index in [-0.39, 0.29) is 5.41 Å². The summed E-state index contributed by atoms with van der Waals surface area (Å²) >= 11 is 0. The lowest BCUT2D eigenvalue weighted by Crippen LogP contribution is -2.64. The Bertz CT molecular complexity index is 212. The average molecular weight is 214 g/mol. The summed E-state index contributed by atoms with van der Waals surface area (Å²) in [5, 5.41) is 0. The van der Waals surface area contributed by atoms with Crippen molar-refractivity contribution in [1.82, 2.24) is 0 Å². The van der Waals surface area contributed by atoms with E-state index in [1.165, 1.54) is 0 Å². The molecule has 3 heterocycles. The van der Waals surface area contributed by atoms with Crippen LogP contribution in [0.25, 0.3) is 0 Å². The Morgan fingerprint density at radius 2 is 1.47 bits per heavy atom. The minimum absolute atomic E-state index is 0.0786. The summed E-state index contributed by atoms with van der Waals surface area (Å²) < 4.78 is 17.5. The van der Waals surface area contributed by atoms with Gasteiger partial charge in [-0.2, -0.15) is 0 Å². The lowest BCUT2D eigenvalue weighted by Gasteiger charge is -2.55. The van der Waals surface area contributed by atoms with Crippen molar-refractivity contribution in [3.63, 3.8) is 0 Å². The zero-order chi connectivity index (χ0) is 11.1. The Morgan fingerprint density at radius 3 is 1.80 bits per heavy atom. The highest BCUT2D eigenvalue weighted by Crippen LogP contribution is 2.46. The molecule has 0 aromatic carbocycles. The maximum atomic E-state index is 5.84. The van der Waals surface area contributed by atoms with Gasteiger partial charge < -0.3 is 14.2 Å². The predicted octanol–water partition coefficient (Wildman–Crippen LogP) is 2.41. The molecule has 0 N–H and O–H groups in total. The van der Waals surface area contributed by atoms with Crippen molar-refractivity contribution in [2.24, 2.45) is 17.3 Å². The van der Waals surface area contributed by atoms with Crippen LogP contribution in [-0.4, -0.2) is 25.8 Å². The van der Waals surface area contributed by atoms with Crippen LogP contribution >= 0.6 is 0 Å². The molecule has 3 saturated heterocycles. The first-order valence-electron chi connectivity index (χ1n) is 5.96. The Hall–Kier alpha value is -0.120. The predicted molar refractivity (Wildman–Crippen MR) is 57.3 cm³/mol. The molecule has 0 aliphatic carbocycles. The first kappa shape index (κ1) is 11.4. The third-order valence-corrected chi connectivity index (χ3v) is 4.12. The summed E-state index contributed by atoms with van der Waals surface area (Å²) in [7, 11) is 0. The van der Waals surface area contributed by atoms with Gasteiger partial charge in [-0.05, 0) is 12.3 Å². The number of hydrogen-bond donors (Lipinski definition) is 0. The van der Waals surface area contributed by atoms with E-state index in [0.29, 0.717) is 11.8 Å². The molecule has 0 saturated carbocycles. The fourth-order valence-corrected chi connectivity index (χ4v) is 2.16. The third-order valence-electron chi connectivity index (χ3n) is 4.12. The lowest BCUT2D eigenvalue weighted by atomic mass is 9.77. The van der Waals surface area contributed by atoms with Gasteiger partial charge in [-0.15, -0.1) is 0 Å². The van der Waals surface area contributed by atoms with Crippen LogP contribution in [0, 0.1) is 17.3 Å². The molecule has 1 atom stereocenters. The number of rotatable bonds is 3. The van der Waals surface area contributed by atoms with Gasteiger partial charge in [0.25, 0.3) is 5.97 Å². The summed E-state index contributed by atoms with van der Waals surface area (Å²) in [5.74, 6) is 0.0847. The van der Waals surface area contributed by atoms with E-state index in [9.17, 15) is 0 Å². The summed E-state index contributed by atoms with van der Waals surface area (Å²) in [4.78, 5) is 0. The molecule has 0 amide bonds. The first-order chi connectivity index (χ1) is 7.05. The van der Waals surface area contributed by atoms with E-state index in [1.807, 2.05) is 0 Å². The monoisotopic (exact) mass is 214 g/mol. The summed E-state index contributed by atoms with van der Waals surface area (Å²) in [6.07, 6.45) is 1.01. The normalized spacial score (nSPS) is 42.2. The maximum absolute atomic E-state index is 5.84. The average Bonchev–Trinajstić information content (AvgIpc) is 2.30.